The van der Waals surface area contributed by atoms with Gasteiger partial charge in [-0.25, -0.2) is 9.78 Å². The minimum absolute atomic E-state index is 0.337. The molecular weight excluding hydrogens is 338 g/mol. The van der Waals surface area contributed by atoms with E-state index >= 15 is 0 Å². The van der Waals surface area contributed by atoms with Crippen molar-refractivity contribution in [3.8, 4) is 0 Å². The SMILES string of the molecule is CCc1nc(C(=O)OC)cc2c3ccccc3n(Cc3ccccc3N)c12. The maximum atomic E-state index is 12.1. The van der Waals surface area contributed by atoms with Gasteiger partial charge in [-0.3, -0.25) is 0 Å². The first kappa shape index (κ1) is 17.1. The topological polar surface area (TPSA) is 70.1 Å². The number of rotatable bonds is 4. The highest BCUT2D eigenvalue weighted by molar-refractivity contribution is 6.10. The van der Waals surface area contributed by atoms with Gasteiger partial charge in [-0.05, 0) is 30.2 Å². The summed E-state index contributed by atoms with van der Waals surface area (Å²) in [5.74, 6) is -0.421. The molecule has 4 aromatic rings. The van der Waals surface area contributed by atoms with E-state index in [1.165, 1.54) is 7.11 Å². The number of methoxy groups -OCH3 is 1. The largest absolute Gasteiger partial charge is 0.464 e. The van der Waals surface area contributed by atoms with Crippen LogP contribution in [-0.4, -0.2) is 22.6 Å². The third-order valence-electron chi connectivity index (χ3n) is 4.93. The van der Waals surface area contributed by atoms with Gasteiger partial charge >= 0.3 is 5.97 Å². The van der Waals surface area contributed by atoms with Gasteiger partial charge in [-0.1, -0.05) is 43.3 Å². The molecule has 2 heterocycles. The van der Waals surface area contributed by atoms with E-state index in [9.17, 15) is 4.79 Å². The monoisotopic (exact) mass is 359 g/mol. The first-order chi connectivity index (χ1) is 13.1. The Morgan fingerprint density at radius 1 is 1.11 bits per heavy atom. The van der Waals surface area contributed by atoms with Crippen molar-refractivity contribution in [3.63, 3.8) is 0 Å². The summed E-state index contributed by atoms with van der Waals surface area (Å²) in [6, 6.07) is 17.9. The number of nitrogens with two attached hydrogens (primary N) is 1. The van der Waals surface area contributed by atoms with E-state index in [1.54, 1.807) is 0 Å². The minimum Gasteiger partial charge on any atom is -0.464 e. The Balaban J connectivity index is 2.05. The highest BCUT2D eigenvalue weighted by Crippen LogP contribution is 2.33. The summed E-state index contributed by atoms with van der Waals surface area (Å²) in [6.45, 7) is 2.69. The standard InChI is InChI=1S/C22H21N3O2/c1-3-18-21-16(12-19(24-18)22(26)27-2)15-9-5-7-11-20(15)25(21)13-14-8-4-6-10-17(14)23/h4-12H,3,13,23H2,1-2H3. The molecule has 0 saturated heterocycles. The van der Waals surface area contributed by atoms with Gasteiger partial charge in [-0.2, -0.15) is 0 Å². The Kier molecular flexibility index (Phi) is 4.28. The summed E-state index contributed by atoms with van der Waals surface area (Å²) >= 11 is 0. The van der Waals surface area contributed by atoms with Crippen molar-refractivity contribution in [1.82, 2.24) is 9.55 Å². The van der Waals surface area contributed by atoms with Crippen molar-refractivity contribution in [2.24, 2.45) is 0 Å². The molecule has 0 bridgehead atoms. The van der Waals surface area contributed by atoms with Crippen molar-refractivity contribution in [1.29, 1.82) is 0 Å². The summed E-state index contributed by atoms with van der Waals surface area (Å²) < 4.78 is 7.13. The summed E-state index contributed by atoms with van der Waals surface area (Å²) in [6.07, 6.45) is 0.710. The summed E-state index contributed by atoms with van der Waals surface area (Å²) in [7, 11) is 1.38. The molecule has 136 valence electrons. The number of ether oxygens (including phenoxy) is 1. The molecule has 0 aliphatic heterocycles. The molecule has 5 heteroatoms. The number of nitrogens with zero attached hydrogens (tertiary/aromatic N) is 2. The fraction of sp³-hybridized carbons (Fsp3) is 0.182. The highest BCUT2D eigenvalue weighted by Gasteiger charge is 2.19. The lowest BCUT2D eigenvalue weighted by Crippen LogP contribution is -2.09. The first-order valence-corrected chi connectivity index (χ1v) is 8.96. The van der Waals surface area contributed by atoms with Gasteiger partial charge in [0.2, 0.25) is 0 Å². The molecule has 0 atom stereocenters. The van der Waals surface area contributed by atoms with E-state index < -0.39 is 5.97 Å². The summed E-state index contributed by atoms with van der Waals surface area (Å²) in [5, 5.41) is 2.09. The number of hydrogen-bond acceptors (Lipinski definition) is 4. The number of anilines is 1. The molecular formula is C22H21N3O2. The zero-order chi connectivity index (χ0) is 19.0. The van der Waals surface area contributed by atoms with Crippen LogP contribution in [0, 0.1) is 0 Å². The fourth-order valence-electron chi connectivity index (χ4n) is 3.62. The number of esters is 1. The smallest absolute Gasteiger partial charge is 0.356 e. The molecule has 0 fully saturated rings. The number of hydrogen-bond donors (Lipinski definition) is 1. The van der Waals surface area contributed by atoms with E-state index in [2.05, 4.69) is 21.7 Å². The van der Waals surface area contributed by atoms with Crippen LogP contribution < -0.4 is 5.73 Å². The van der Waals surface area contributed by atoms with Crippen LogP contribution in [0.3, 0.4) is 0 Å². The second-order valence-corrected chi connectivity index (χ2v) is 6.50. The van der Waals surface area contributed by atoms with Crippen molar-refractivity contribution in [2.45, 2.75) is 19.9 Å². The summed E-state index contributed by atoms with van der Waals surface area (Å²) in [4.78, 5) is 16.7. The molecule has 2 aromatic carbocycles. The van der Waals surface area contributed by atoms with Crippen molar-refractivity contribution in [3.05, 3.63) is 71.5 Å². The Morgan fingerprint density at radius 3 is 2.59 bits per heavy atom. The Morgan fingerprint density at radius 2 is 1.85 bits per heavy atom. The number of aromatic nitrogens is 2. The minimum atomic E-state index is -0.421. The van der Waals surface area contributed by atoms with Crippen LogP contribution in [0.15, 0.2) is 54.6 Å². The maximum absolute atomic E-state index is 12.1. The molecule has 0 aliphatic rings. The maximum Gasteiger partial charge on any atom is 0.356 e. The van der Waals surface area contributed by atoms with Crippen LogP contribution in [0.4, 0.5) is 5.69 Å². The molecule has 27 heavy (non-hydrogen) atoms. The van der Waals surface area contributed by atoms with Gasteiger partial charge in [-0.15, -0.1) is 0 Å². The van der Waals surface area contributed by atoms with Gasteiger partial charge in [0, 0.05) is 22.0 Å². The average Bonchev–Trinajstić information content (AvgIpc) is 3.02. The number of carbonyl (C=O) groups is 1. The number of fused-ring (bicyclic) bond motifs is 3. The van der Waals surface area contributed by atoms with Crippen molar-refractivity contribution < 1.29 is 9.53 Å². The highest BCUT2D eigenvalue weighted by atomic mass is 16.5. The first-order valence-electron chi connectivity index (χ1n) is 8.96. The molecule has 0 amide bonds. The second-order valence-electron chi connectivity index (χ2n) is 6.50. The summed E-state index contributed by atoms with van der Waals surface area (Å²) in [5.41, 5.74) is 11.3. The van der Waals surface area contributed by atoms with E-state index in [0.717, 1.165) is 38.8 Å². The number of carbonyl (C=O) groups excluding carboxylic acids is 1. The molecule has 2 aromatic heterocycles. The van der Waals surface area contributed by atoms with Crippen LogP contribution in [0.2, 0.25) is 0 Å². The van der Waals surface area contributed by atoms with E-state index in [-0.39, 0.29) is 0 Å². The predicted octanol–water partition coefficient (Wildman–Crippen LogP) is 4.17. The van der Waals surface area contributed by atoms with Crippen LogP contribution in [0.5, 0.6) is 0 Å². The average molecular weight is 359 g/mol. The molecule has 0 unspecified atom stereocenters. The number of para-hydroxylation sites is 2. The molecule has 0 spiro atoms. The lowest BCUT2D eigenvalue weighted by molar-refractivity contribution is 0.0594. The molecule has 5 nitrogen and oxygen atoms in total. The van der Waals surface area contributed by atoms with Gasteiger partial charge in [0.05, 0.1) is 24.9 Å². The van der Waals surface area contributed by atoms with Crippen LogP contribution >= 0.6 is 0 Å². The number of nitrogen functional groups attached to an aromatic ring is 1. The quantitative estimate of drug-likeness (QED) is 0.438. The fourth-order valence-corrected chi connectivity index (χ4v) is 3.62. The van der Waals surface area contributed by atoms with Crippen LogP contribution in [0.1, 0.15) is 28.7 Å². The molecule has 0 aliphatic carbocycles. The van der Waals surface area contributed by atoms with E-state index in [1.807, 2.05) is 49.4 Å². The van der Waals surface area contributed by atoms with Gasteiger partial charge in [0.15, 0.2) is 0 Å². The Labute approximate surface area is 157 Å². The number of aryl methyl sites for hydroxylation is 1. The Bertz CT molecular complexity index is 1160. The number of pyridine rings is 1. The normalized spacial score (nSPS) is 11.2. The number of benzene rings is 2. The lowest BCUT2D eigenvalue weighted by atomic mass is 10.1. The zero-order valence-corrected chi connectivity index (χ0v) is 15.4. The van der Waals surface area contributed by atoms with Crippen LogP contribution in [-0.2, 0) is 17.7 Å². The van der Waals surface area contributed by atoms with Crippen molar-refractivity contribution in [2.75, 3.05) is 12.8 Å². The lowest BCUT2D eigenvalue weighted by Gasteiger charge is -2.12. The molecule has 2 N–H and O–H groups in total. The van der Waals surface area contributed by atoms with E-state index in [0.29, 0.717) is 18.7 Å². The van der Waals surface area contributed by atoms with Gasteiger partial charge in [0.1, 0.15) is 5.69 Å². The van der Waals surface area contributed by atoms with Crippen LogP contribution in [0.25, 0.3) is 21.8 Å². The second kappa shape index (κ2) is 6.76. The van der Waals surface area contributed by atoms with Crippen molar-refractivity contribution >= 4 is 33.5 Å². The Hall–Kier alpha value is -3.34. The van der Waals surface area contributed by atoms with Gasteiger partial charge < -0.3 is 15.0 Å². The van der Waals surface area contributed by atoms with Gasteiger partial charge in [0.25, 0.3) is 0 Å². The third-order valence-corrected chi connectivity index (χ3v) is 4.93. The molecule has 0 saturated carbocycles. The third kappa shape index (κ3) is 2.81. The zero-order valence-electron chi connectivity index (χ0n) is 15.4. The predicted molar refractivity (Wildman–Crippen MR) is 108 cm³/mol. The molecule has 4 rings (SSSR count). The van der Waals surface area contributed by atoms with E-state index in [4.69, 9.17) is 10.5 Å². The molecule has 0 radical (unpaired) electrons.